The van der Waals surface area contributed by atoms with E-state index in [9.17, 15) is 9.59 Å². The number of aromatic nitrogens is 3. The summed E-state index contributed by atoms with van der Waals surface area (Å²) in [4.78, 5) is 35.6. The number of rotatable bonds is 2. The van der Waals surface area contributed by atoms with Crippen LogP contribution in [0.1, 0.15) is 51.6 Å². The molecule has 4 rings (SSSR count). The zero-order valence-electron chi connectivity index (χ0n) is 17.8. The number of carbonyl (C=O) groups excluding carboxylic acids is 1. The van der Waals surface area contributed by atoms with Crippen LogP contribution in [0.3, 0.4) is 0 Å². The van der Waals surface area contributed by atoms with Gasteiger partial charge in [-0.1, -0.05) is 6.08 Å². The van der Waals surface area contributed by atoms with Gasteiger partial charge in [-0.15, -0.1) is 0 Å². The van der Waals surface area contributed by atoms with Crippen molar-refractivity contribution in [3.8, 4) is 0 Å². The van der Waals surface area contributed by atoms with E-state index in [0.29, 0.717) is 50.3 Å². The lowest BCUT2D eigenvalue weighted by atomic mass is 10.0. The SMILES string of the molecule is CC(C)(C)OC(=O)N1CCC(n2c(=O)cnc3cc(C4=CCOCC4)cnc32)CC1. The Morgan fingerprint density at radius 1 is 1.20 bits per heavy atom. The van der Waals surface area contributed by atoms with Gasteiger partial charge < -0.3 is 14.4 Å². The average Bonchev–Trinajstić information content (AvgIpc) is 2.73. The van der Waals surface area contributed by atoms with Crippen molar-refractivity contribution in [2.24, 2.45) is 0 Å². The van der Waals surface area contributed by atoms with E-state index in [-0.39, 0.29) is 17.7 Å². The van der Waals surface area contributed by atoms with Crippen molar-refractivity contribution in [3.63, 3.8) is 0 Å². The van der Waals surface area contributed by atoms with Gasteiger partial charge in [-0.3, -0.25) is 9.36 Å². The van der Waals surface area contributed by atoms with E-state index in [2.05, 4.69) is 16.0 Å². The summed E-state index contributed by atoms with van der Waals surface area (Å²) in [5, 5.41) is 0. The molecule has 2 aromatic heterocycles. The zero-order valence-corrected chi connectivity index (χ0v) is 17.8. The summed E-state index contributed by atoms with van der Waals surface area (Å²) in [6.07, 6.45) is 7.12. The highest BCUT2D eigenvalue weighted by Gasteiger charge is 2.28. The fourth-order valence-electron chi connectivity index (χ4n) is 3.97. The van der Waals surface area contributed by atoms with Gasteiger partial charge >= 0.3 is 6.09 Å². The van der Waals surface area contributed by atoms with Gasteiger partial charge in [-0.25, -0.2) is 14.8 Å². The van der Waals surface area contributed by atoms with E-state index >= 15 is 0 Å². The van der Waals surface area contributed by atoms with Crippen molar-refractivity contribution in [2.45, 2.75) is 51.7 Å². The quantitative estimate of drug-likeness (QED) is 0.753. The fraction of sp³-hybridized carbons (Fsp3) is 0.545. The summed E-state index contributed by atoms with van der Waals surface area (Å²) in [7, 11) is 0. The smallest absolute Gasteiger partial charge is 0.410 e. The van der Waals surface area contributed by atoms with E-state index < -0.39 is 5.60 Å². The van der Waals surface area contributed by atoms with Crippen LogP contribution in [0.4, 0.5) is 4.79 Å². The number of ether oxygens (including phenoxy) is 2. The van der Waals surface area contributed by atoms with Crippen LogP contribution in [0.15, 0.2) is 29.3 Å². The van der Waals surface area contributed by atoms with Crippen LogP contribution < -0.4 is 5.56 Å². The second-order valence-electron chi connectivity index (χ2n) is 8.79. The Balaban J connectivity index is 1.56. The Labute approximate surface area is 175 Å². The van der Waals surface area contributed by atoms with Gasteiger partial charge in [-0.05, 0) is 57.2 Å². The predicted molar refractivity (Wildman–Crippen MR) is 113 cm³/mol. The molecule has 0 saturated carbocycles. The molecule has 8 nitrogen and oxygen atoms in total. The van der Waals surface area contributed by atoms with Gasteiger partial charge in [0.2, 0.25) is 0 Å². The van der Waals surface area contributed by atoms with Crippen LogP contribution >= 0.6 is 0 Å². The first kappa shape index (κ1) is 20.5. The maximum atomic E-state index is 12.6. The molecule has 0 unspecified atom stereocenters. The van der Waals surface area contributed by atoms with Crippen LogP contribution in [0.2, 0.25) is 0 Å². The maximum Gasteiger partial charge on any atom is 0.410 e. The standard InChI is InChI=1S/C22H28N4O4/c1-22(2,3)30-21(28)25-8-4-17(5-9-25)26-19(27)14-23-18-12-16(13-24-20(18)26)15-6-10-29-11-7-15/h6,12-14,17H,4-5,7-11H2,1-3H3. The molecule has 2 aliphatic heterocycles. The number of hydrogen-bond donors (Lipinski definition) is 0. The van der Waals surface area contributed by atoms with E-state index in [1.54, 1.807) is 9.47 Å². The first-order chi connectivity index (χ1) is 14.3. The monoisotopic (exact) mass is 412 g/mol. The van der Waals surface area contributed by atoms with Crippen LogP contribution in [-0.4, -0.2) is 57.4 Å². The summed E-state index contributed by atoms with van der Waals surface area (Å²) in [6, 6.07) is 1.97. The molecule has 1 saturated heterocycles. The number of amides is 1. The first-order valence-corrected chi connectivity index (χ1v) is 10.4. The van der Waals surface area contributed by atoms with Crippen molar-refractivity contribution in [1.29, 1.82) is 0 Å². The number of fused-ring (bicyclic) bond motifs is 1. The third-order valence-corrected chi connectivity index (χ3v) is 5.44. The lowest BCUT2D eigenvalue weighted by molar-refractivity contribution is 0.0188. The fourth-order valence-corrected chi connectivity index (χ4v) is 3.97. The molecule has 30 heavy (non-hydrogen) atoms. The van der Waals surface area contributed by atoms with Gasteiger partial charge in [0.25, 0.3) is 5.56 Å². The lowest BCUT2D eigenvalue weighted by Crippen LogP contribution is -2.43. The molecule has 0 bridgehead atoms. The number of nitrogens with zero attached hydrogens (tertiary/aromatic N) is 4. The molecule has 0 spiro atoms. The Hall–Kier alpha value is -2.74. The van der Waals surface area contributed by atoms with Crippen LogP contribution in [-0.2, 0) is 9.47 Å². The summed E-state index contributed by atoms with van der Waals surface area (Å²) in [5.41, 5.74) is 2.82. The van der Waals surface area contributed by atoms with Gasteiger partial charge in [0.15, 0.2) is 5.65 Å². The minimum atomic E-state index is -0.520. The Bertz CT molecular complexity index is 1030. The molecule has 1 fully saturated rings. The molecule has 2 aliphatic rings. The van der Waals surface area contributed by atoms with Crippen LogP contribution in [0.25, 0.3) is 16.7 Å². The van der Waals surface area contributed by atoms with Gasteiger partial charge in [0, 0.05) is 25.3 Å². The minimum absolute atomic E-state index is 0.0256. The summed E-state index contributed by atoms with van der Waals surface area (Å²) in [5.74, 6) is 0. The number of likely N-dealkylation sites (tertiary alicyclic amines) is 1. The van der Waals surface area contributed by atoms with E-state index in [1.165, 1.54) is 11.8 Å². The highest BCUT2D eigenvalue weighted by atomic mass is 16.6. The number of piperidine rings is 1. The molecule has 8 heteroatoms. The van der Waals surface area contributed by atoms with E-state index in [0.717, 1.165) is 12.0 Å². The van der Waals surface area contributed by atoms with Gasteiger partial charge in [-0.2, -0.15) is 0 Å². The third kappa shape index (κ3) is 4.38. The first-order valence-electron chi connectivity index (χ1n) is 10.4. The normalized spacial score (nSPS) is 18.4. The van der Waals surface area contributed by atoms with E-state index in [1.807, 2.05) is 33.0 Å². The number of pyridine rings is 1. The average molecular weight is 412 g/mol. The molecular weight excluding hydrogens is 384 g/mol. The van der Waals surface area contributed by atoms with Crippen molar-refractivity contribution in [3.05, 3.63) is 40.5 Å². The summed E-state index contributed by atoms with van der Waals surface area (Å²) >= 11 is 0. The molecule has 0 atom stereocenters. The summed E-state index contributed by atoms with van der Waals surface area (Å²) in [6.45, 7) is 7.97. The highest BCUT2D eigenvalue weighted by Crippen LogP contribution is 2.27. The van der Waals surface area contributed by atoms with Crippen molar-refractivity contribution >= 4 is 22.8 Å². The minimum Gasteiger partial charge on any atom is -0.444 e. The van der Waals surface area contributed by atoms with Crippen LogP contribution in [0.5, 0.6) is 0 Å². The Morgan fingerprint density at radius 3 is 2.63 bits per heavy atom. The second kappa shape index (κ2) is 8.18. The Kier molecular flexibility index (Phi) is 5.60. The molecule has 0 N–H and O–H groups in total. The summed E-state index contributed by atoms with van der Waals surface area (Å²) < 4.78 is 12.6. The van der Waals surface area contributed by atoms with Crippen LogP contribution in [0, 0.1) is 0 Å². The molecule has 2 aromatic rings. The second-order valence-corrected chi connectivity index (χ2v) is 8.79. The molecule has 0 aromatic carbocycles. The largest absolute Gasteiger partial charge is 0.444 e. The predicted octanol–water partition coefficient (Wildman–Crippen LogP) is 3.17. The highest BCUT2D eigenvalue weighted by molar-refractivity contribution is 5.77. The molecule has 0 radical (unpaired) electrons. The topological polar surface area (TPSA) is 86.6 Å². The van der Waals surface area contributed by atoms with Gasteiger partial charge in [0.1, 0.15) is 11.1 Å². The number of carbonyl (C=O) groups is 1. The van der Waals surface area contributed by atoms with E-state index in [4.69, 9.17) is 9.47 Å². The molecule has 160 valence electrons. The van der Waals surface area contributed by atoms with Crippen molar-refractivity contribution < 1.29 is 14.3 Å². The molecule has 0 aliphatic carbocycles. The Morgan fingerprint density at radius 2 is 1.97 bits per heavy atom. The molecule has 4 heterocycles. The van der Waals surface area contributed by atoms with Gasteiger partial charge in [0.05, 0.1) is 19.4 Å². The molecular formula is C22H28N4O4. The van der Waals surface area contributed by atoms with Crippen molar-refractivity contribution in [2.75, 3.05) is 26.3 Å². The lowest BCUT2D eigenvalue weighted by Gasteiger charge is -2.34. The maximum absolute atomic E-state index is 12.6. The molecule has 1 amide bonds. The van der Waals surface area contributed by atoms with Crippen molar-refractivity contribution in [1.82, 2.24) is 19.4 Å². The zero-order chi connectivity index (χ0) is 21.3. The number of hydrogen-bond acceptors (Lipinski definition) is 6. The third-order valence-electron chi connectivity index (χ3n) is 5.44.